The van der Waals surface area contributed by atoms with Crippen LogP contribution in [0.25, 0.3) is 0 Å². The molecule has 0 heterocycles. The van der Waals surface area contributed by atoms with Gasteiger partial charge in [0.2, 0.25) is 0 Å². The summed E-state index contributed by atoms with van der Waals surface area (Å²) in [6.07, 6.45) is 10.4. The van der Waals surface area contributed by atoms with Crippen LogP contribution < -0.4 is 0 Å². The Kier molecular flexibility index (Phi) is 11.7. The molecule has 19 heavy (non-hydrogen) atoms. The van der Waals surface area contributed by atoms with E-state index in [4.69, 9.17) is 9.47 Å². The van der Waals surface area contributed by atoms with Crippen molar-refractivity contribution in [1.29, 1.82) is 0 Å². The summed E-state index contributed by atoms with van der Waals surface area (Å²) in [4.78, 5) is 0. The zero-order valence-corrected chi connectivity index (χ0v) is 14.0. The highest BCUT2D eigenvalue weighted by molar-refractivity contribution is 4.63. The lowest BCUT2D eigenvalue weighted by Gasteiger charge is -2.29. The van der Waals surface area contributed by atoms with Gasteiger partial charge in [-0.05, 0) is 33.1 Å². The molecule has 116 valence electrons. The lowest BCUT2D eigenvalue weighted by atomic mass is 9.99. The predicted molar refractivity (Wildman–Crippen MR) is 83.4 cm³/mol. The van der Waals surface area contributed by atoms with Crippen molar-refractivity contribution in [3.8, 4) is 0 Å². The van der Waals surface area contributed by atoms with Crippen LogP contribution in [0.4, 0.5) is 0 Å². The smallest absolute Gasteiger partial charge is 0.165 e. The Hall–Kier alpha value is -0.0800. The summed E-state index contributed by atoms with van der Waals surface area (Å²) in [7, 11) is 0. The third-order valence-electron chi connectivity index (χ3n) is 3.92. The first-order valence-electron chi connectivity index (χ1n) is 8.35. The standard InChI is InChI=1S/C17H36O2/c1-6-16(4)14-12-10-9-11-13-15-17(5,18-7-2)19-8-3/h16H,6-15H2,1-5H3. The van der Waals surface area contributed by atoms with Gasteiger partial charge in [-0.25, -0.2) is 0 Å². The van der Waals surface area contributed by atoms with Gasteiger partial charge in [0, 0.05) is 19.6 Å². The molecule has 0 rings (SSSR count). The van der Waals surface area contributed by atoms with Crippen LogP contribution in [0.1, 0.15) is 86.0 Å². The van der Waals surface area contributed by atoms with Crippen molar-refractivity contribution in [1.82, 2.24) is 0 Å². The summed E-state index contributed by atoms with van der Waals surface area (Å²) in [6, 6.07) is 0. The van der Waals surface area contributed by atoms with Gasteiger partial charge in [0.1, 0.15) is 0 Å². The second-order valence-corrected chi connectivity index (χ2v) is 5.82. The van der Waals surface area contributed by atoms with Gasteiger partial charge in [0.15, 0.2) is 5.79 Å². The fraction of sp³-hybridized carbons (Fsp3) is 1.00. The van der Waals surface area contributed by atoms with Crippen LogP contribution in [0, 0.1) is 5.92 Å². The van der Waals surface area contributed by atoms with Crippen molar-refractivity contribution < 1.29 is 9.47 Å². The Labute approximate surface area is 121 Å². The first-order valence-corrected chi connectivity index (χ1v) is 8.35. The maximum Gasteiger partial charge on any atom is 0.165 e. The molecule has 0 aliphatic carbocycles. The zero-order valence-electron chi connectivity index (χ0n) is 14.0. The largest absolute Gasteiger partial charge is 0.351 e. The average Bonchev–Trinajstić information content (AvgIpc) is 2.37. The fourth-order valence-corrected chi connectivity index (χ4v) is 2.47. The van der Waals surface area contributed by atoms with E-state index in [1.54, 1.807) is 0 Å². The number of unbranched alkanes of at least 4 members (excludes halogenated alkanes) is 4. The second-order valence-electron chi connectivity index (χ2n) is 5.82. The fourth-order valence-electron chi connectivity index (χ4n) is 2.47. The van der Waals surface area contributed by atoms with E-state index in [-0.39, 0.29) is 5.79 Å². The van der Waals surface area contributed by atoms with Crippen LogP contribution in [-0.4, -0.2) is 19.0 Å². The van der Waals surface area contributed by atoms with Gasteiger partial charge in [-0.3, -0.25) is 0 Å². The third-order valence-corrected chi connectivity index (χ3v) is 3.92. The summed E-state index contributed by atoms with van der Waals surface area (Å²) in [5.74, 6) is 0.541. The third kappa shape index (κ3) is 10.4. The Balaban J connectivity index is 3.55. The van der Waals surface area contributed by atoms with Crippen LogP contribution in [0.2, 0.25) is 0 Å². The van der Waals surface area contributed by atoms with Crippen molar-refractivity contribution in [3.05, 3.63) is 0 Å². The molecular weight excluding hydrogens is 236 g/mol. The predicted octanol–water partition coefficient (Wildman–Crippen LogP) is 5.55. The summed E-state index contributed by atoms with van der Waals surface area (Å²) >= 11 is 0. The number of hydrogen-bond acceptors (Lipinski definition) is 2. The van der Waals surface area contributed by atoms with Crippen LogP contribution in [0.15, 0.2) is 0 Å². The molecule has 0 aliphatic rings. The van der Waals surface area contributed by atoms with Crippen LogP contribution in [0.5, 0.6) is 0 Å². The van der Waals surface area contributed by atoms with Crippen molar-refractivity contribution in [2.75, 3.05) is 13.2 Å². The highest BCUT2D eigenvalue weighted by Gasteiger charge is 2.23. The SMILES string of the molecule is CCOC(C)(CCCCCCCC(C)CC)OCC. The zero-order chi connectivity index (χ0) is 14.6. The lowest BCUT2D eigenvalue weighted by molar-refractivity contribution is -0.225. The molecule has 0 aliphatic heterocycles. The molecule has 0 saturated carbocycles. The molecule has 0 saturated heterocycles. The Morgan fingerprint density at radius 3 is 1.89 bits per heavy atom. The maximum atomic E-state index is 5.72. The van der Waals surface area contributed by atoms with Crippen LogP contribution in [0.3, 0.4) is 0 Å². The normalized spacial score (nSPS) is 13.7. The first-order chi connectivity index (χ1) is 9.08. The summed E-state index contributed by atoms with van der Waals surface area (Å²) in [5.41, 5.74) is 0. The summed E-state index contributed by atoms with van der Waals surface area (Å²) in [5, 5.41) is 0. The molecule has 2 nitrogen and oxygen atoms in total. The van der Waals surface area contributed by atoms with E-state index in [2.05, 4.69) is 20.8 Å². The van der Waals surface area contributed by atoms with Crippen molar-refractivity contribution >= 4 is 0 Å². The molecule has 0 aromatic heterocycles. The highest BCUT2D eigenvalue weighted by atomic mass is 16.7. The van der Waals surface area contributed by atoms with Crippen LogP contribution in [-0.2, 0) is 9.47 Å². The minimum atomic E-state index is -0.361. The maximum absolute atomic E-state index is 5.72. The first kappa shape index (κ1) is 18.9. The molecule has 1 unspecified atom stereocenters. The van der Waals surface area contributed by atoms with E-state index < -0.39 is 0 Å². The lowest BCUT2D eigenvalue weighted by Crippen LogP contribution is -2.32. The molecule has 0 radical (unpaired) electrons. The van der Waals surface area contributed by atoms with E-state index in [1.807, 2.05) is 13.8 Å². The van der Waals surface area contributed by atoms with Crippen molar-refractivity contribution in [2.45, 2.75) is 91.8 Å². The molecule has 0 spiro atoms. The Morgan fingerprint density at radius 1 is 0.842 bits per heavy atom. The van der Waals surface area contributed by atoms with Gasteiger partial charge < -0.3 is 9.47 Å². The monoisotopic (exact) mass is 272 g/mol. The summed E-state index contributed by atoms with van der Waals surface area (Å²) < 4.78 is 11.4. The van der Waals surface area contributed by atoms with Crippen molar-refractivity contribution in [3.63, 3.8) is 0 Å². The van der Waals surface area contributed by atoms with Gasteiger partial charge >= 0.3 is 0 Å². The molecule has 0 amide bonds. The van der Waals surface area contributed by atoms with E-state index in [1.165, 1.54) is 44.9 Å². The molecule has 2 heteroatoms. The minimum Gasteiger partial charge on any atom is -0.351 e. The highest BCUT2D eigenvalue weighted by Crippen LogP contribution is 2.22. The molecule has 0 aromatic carbocycles. The number of hydrogen-bond donors (Lipinski definition) is 0. The molecule has 0 N–H and O–H groups in total. The van der Waals surface area contributed by atoms with E-state index in [0.29, 0.717) is 0 Å². The molecule has 1 atom stereocenters. The Morgan fingerprint density at radius 2 is 1.37 bits per heavy atom. The molecule has 0 fully saturated rings. The van der Waals surface area contributed by atoms with Gasteiger partial charge in [-0.2, -0.15) is 0 Å². The quantitative estimate of drug-likeness (QED) is 0.323. The average molecular weight is 272 g/mol. The molecule has 0 aromatic rings. The van der Waals surface area contributed by atoms with E-state index in [9.17, 15) is 0 Å². The minimum absolute atomic E-state index is 0.361. The van der Waals surface area contributed by atoms with E-state index >= 15 is 0 Å². The van der Waals surface area contributed by atoms with Crippen LogP contribution >= 0.6 is 0 Å². The summed E-state index contributed by atoms with van der Waals surface area (Å²) in [6.45, 7) is 12.2. The molecular formula is C17H36O2. The number of rotatable bonds is 13. The van der Waals surface area contributed by atoms with Gasteiger partial charge in [0.25, 0.3) is 0 Å². The number of ether oxygens (including phenoxy) is 2. The van der Waals surface area contributed by atoms with Gasteiger partial charge in [-0.15, -0.1) is 0 Å². The van der Waals surface area contributed by atoms with Crippen molar-refractivity contribution in [2.24, 2.45) is 5.92 Å². The van der Waals surface area contributed by atoms with Gasteiger partial charge in [-0.1, -0.05) is 52.4 Å². The van der Waals surface area contributed by atoms with E-state index in [0.717, 1.165) is 25.6 Å². The molecule has 0 bridgehead atoms. The van der Waals surface area contributed by atoms with Gasteiger partial charge in [0.05, 0.1) is 0 Å². The second kappa shape index (κ2) is 11.7. The Bertz CT molecular complexity index is 186. The topological polar surface area (TPSA) is 18.5 Å².